The van der Waals surface area contributed by atoms with Crippen LogP contribution in [0.4, 0.5) is 0 Å². The Morgan fingerprint density at radius 2 is 2.10 bits per heavy atom. The van der Waals surface area contributed by atoms with Crippen LogP contribution in [-0.2, 0) is 4.74 Å². The average Bonchev–Trinajstić information content (AvgIpc) is 2.90. The van der Waals surface area contributed by atoms with Crippen molar-refractivity contribution in [1.29, 1.82) is 0 Å². The molecule has 0 saturated carbocycles. The molecule has 120 valence electrons. The maximum absolute atomic E-state index is 5.79. The van der Waals surface area contributed by atoms with Crippen LogP contribution in [0.2, 0.25) is 0 Å². The van der Waals surface area contributed by atoms with E-state index in [-0.39, 0.29) is 0 Å². The van der Waals surface area contributed by atoms with E-state index >= 15 is 0 Å². The fourth-order valence-corrected chi connectivity index (χ4v) is 2.88. The number of ether oxygens (including phenoxy) is 1. The van der Waals surface area contributed by atoms with E-state index in [2.05, 4.69) is 44.8 Å². The van der Waals surface area contributed by atoms with Crippen molar-refractivity contribution in [3.8, 4) is 0 Å². The lowest BCUT2D eigenvalue weighted by molar-refractivity contribution is 0.0575. The molecule has 1 saturated heterocycles. The van der Waals surface area contributed by atoms with Crippen LogP contribution in [0.3, 0.4) is 0 Å². The molecule has 0 bridgehead atoms. The van der Waals surface area contributed by atoms with E-state index in [1.165, 1.54) is 25.8 Å². The van der Waals surface area contributed by atoms with Crippen molar-refractivity contribution < 1.29 is 4.74 Å². The van der Waals surface area contributed by atoms with Crippen LogP contribution in [0.5, 0.6) is 0 Å². The highest BCUT2D eigenvalue weighted by Crippen LogP contribution is 2.23. The normalized spacial score (nSPS) is 22.6. The molecule has 3 heteroatoms. The summed E-state index contributed by atoms with van der Waals surface area (Å²) in [6.45, 7) is 18.1. The number of rotatable bonds is 10. The van der Waals surface area contributed by atoms with E-state index in [1.807, 2.05) is 0 Å². The molecule has 0 spiro atoms. The van der Waals surface area contributed by atoms with Crippen LogP contribution in [0.25, 0.3) is 0 Å². The van der Waals surface area contributed by atoms with Gasteiger partial charge in [-0.1, -0.05) is 34.6 Å². The van der Waals surface area contributed by atoms with E-state index in [0.717, 1.165) is 38.7 Å². The van der Waals surface area contributed by atoms with Gasteiger partial charge in [0.1, 0.15) is 0 Å². The Bertz CT molecular complexity index is 251. The first-order chi connectivity index (χ1) is 9.49. The fraction of sp³-hybridized carbons (Fsp3) is 1.00. The number of nitrogens with one attached hydrogen (secondary N) is 1. The molecule has 20 heavy (non-hydrogen) atoms. The lowest BCUT2D eigenvalue weighted by atomic mass is 9.86. The minimum atomic E-state index is 0.365. The van der Waals surface area contributed by atoms with Crippen LogP contribution in [0, 0.1) is 11.3 Å². The quantitative estimate of drug-likeness (QED) is 0.667. The van der Waals surface area contributed by atoms with Crippen molar-refractivity contribution in [2.45, 2.75) is 60.0 Å². The van der Waals surface area contributed by atoms with Crippen molar-refractivity contribution in [3.05, 3.63) is 0 Å². The van der Waals surface area contributed by atoms with Crippen LogP contribution < -0.4 is 5.32 Å². The Morgan fingerprint density at radius 1 is 1.35 bits per heavy atom. The van der Waals surface area contributed by atoms with Gasteiger partial charge in [0, 0.05) is 26.2 Å². The summed E-state index contributed by atoms with van der Waals surface area (Å²) in [5.41, 5.74) is 0.365. The second kappa shape index (κ2) is 9.01. The summed E-state index contributed by atoms with van der Waals surface area (Å²) < 4.78 is 5.79. The molecule has 1 N–H and O–H groups in total. The maximum Gasteiger partial charge on any atom is 0.0702 e. The van der Waals surface area contributed by atoms with Gasteiger partial charge in [0.05, 0.1) is 6.10 Å². The fourth-order valence-electron chi connectivity index (χ4n) is 2.88. The van der Waals surface area contributed by atoms with Gasteiger partial charge in [-0.25, -0.2) is 0 Å². The summed E-state index contributed by atoms with van der Waals surface area (Å²) in [5.74, 6) is 0.727. The summed E-state index contributed by atoms with van der Waals surface area (Å²) in [5, 5.41) is 3.64. The molecule has 1 aliphatic rings. The maximum atomic E-state index is 5.79. The first kappa shape index (κ1) is 17.9. The summed E-state index contributed by atoms with van der Waals surface area (Å²) in [6.07, 6.45) is 4.17. The summed E-state index contributed by atoms with van der Waals surface area (Å²) in [4.78, 5) is 2.58. The zero-order valence-electron chi connectivity index (χ0n) is 14.4. The molecule has 0 aromatic rings. The van der Waals surface area contributed by atoms with Gasteiger partial charge in [0.15, 0.2) is 0 Å². The molecule has 0 radical (unpaired) electrons. The molecular weight excluding hydrogens is 248 g/mol. The molecule has 0 aliphatic carbocycles. The number of hydrogen-bond acceptors (Lipinski definition) is 3. The largest absolute Gasteiger partial charge is 0.377 e. The summed E-state index contributed by atoms with van der Waals surface area (Å²) >= 11 is 0. The first-order valence-corrected chi connectivity index (χ1v) is 8.53. The minimum absolute atomic E-state index is 0.365. The predicted octanol–water partition coefficient (Wildman–Crippen LogP) is 3.15. The third-order valence-electron chi connectivity index (χ3n) is 4.50. The zero-order valence-corrected chi connectivity index (χ0v) is 14.4. The van der Waals surface area contributed by atoms with E-state index < -0.39 is 0 Å². The van der Waals surface area contributed by atoms with Crippen molar-refractivity contribution >= 4 is 0 Å². The van der Waals surface area contributed by atoms with Gasteiger partial charge >= 0.3 is 0 Å². The Labute approximate surface area is 126 Å². The number of hydrogen-bond donors (Lipinski definition) is 1. The molecule has 2 unspecified atom stereocenters. The summed E-state index contributed by atoms with van der Waals surface area (Å²) in [7, 11) is 0. The molecule has 2 atom stereocenters. The molecule has 1 heterocycles. The SMILES string of the molecule is CCN(CC1CCCO1)CC(C)(CC)CNCC(C)C. The topological polar surface area (TPSA) is 24.5 Å². The highest BCUT2D eigenvalue weighted by atomic mass is 16.5. The minimum Gasteiger partial charge on any atom is -0.377 e. The van der Waals surface area contributed by atoms with Crippen LogP contribution in [0.15, 0.2) is 0 Å². The lowest BCUT2D eigenvalue weighted by Gasteiger charge is -2.36. The van der Waals surface area contributed by atoms with Crippen LogP contribution >= 0.6 is 0 Å². The molecule has 3 nitrogen and oxygen atoms in total. The number of nitrogens with zero attached hydrogens (tertiary/aromatic N) is 1. The van der Waals surface area contributed by atoms with E-state index in [4.69, 9.17) is 4.74 Å². The van der Waals surface area contributed by atoms with Crippen molar-refractivity contribution in [2.75, 3.05) is 39.3 Å². The third-order valence-corrected chi connectivity index (χ3v) is 4.50. The van der Waals surface area contributed by atoms with Gasteiger partial charge < -0.3 is 15.0 Å². The van der Waals surface area contributed by atoms with E-state index in [9.17, 15) is 0 Å². The van der Waals surface area contributed by atoms with E-state index in [0.29, 0.717) is 11.5 Å². The van der Waals surface area contributed by atoms with Gasteiger partial charge in [-0.15, -0.1) is 0 Å². The van der Waals surface area contributed by atoms with Gasteiger partial charge in [0.2, 0.25) is 0 Å². The zero-order chi connectivity index (χ0) is 15.0. The van der Waals surface area contributed by atoms with Crippen molar-refractivity contribution in [2.24, 2.45) is 11.3 Å². The van der Waals surface area contributed by atoms with Gasteiger partial charge in [0.25, 0.3) is 0 Å². The highest BCUT2D eigenvalue weighted by molar-refractivity contribution is 4.81. The van der Waals surface area contributed by atoms with Crippen molar-refractivity contribution in [3.63, 3.8) is 0 Å². The average molecular weight is 284 g/mol. The Hall–Kier alpha value is -0.120. The second-order valence-electron chi connectivity index (χ2n) is 7.15. The monoisotopic (exact) mass is 284 g/mol. The Balaban J connectivity index is 2.40. The standard InChI is InChI=1S/C17H36N2O/c1-6-17(5,13-18-11-15(3)4)14-19(7-2)12-16-9-8-10-20-16/h15-16,18H,6-14H2,1-5H3. The molecule has 1 rings (SSSR count). The first-order valence-electron chi connectivity index (χ1n) is 8.53. The molecule has 0 aromatic heterocycles. The smallest absolute Gasteiger partial charge is 0.0702 e. The number of likely N-dealkylation sites (N-methyl/N-ethyl adjacent to an activating group) is 1. The van der Waals surface area contributed by atoms with Crippen molar-refractivity contribution in [1.82, 2.24) is 10.2 Å². The molecule has 1 fully saturated rings. The van der Waals surface area contributed by atoms with Gasteiger partial charge in [-0.2, -0.15) is 0 Å². The molecule has 0 aromatic carbocycles. The lowest BCUT2D eigenvalue weighted by Crippen LogP contribution is -2.44. The predicted molar refractivity (Wildman–Crippen MR) is 87.2 cm³/mol. The molecule has 0 amide bonds. The van der Waals surface area contributed by atoms with Crippen LogP contribution in [0.1, 0.15) is 53.9 Å². The van der Waals surface area contributed by atoms with Gasteiger partial charge in [-0.3, -0.25) is 0 Å². The second-order valence-corrected chi connectivity index (χ2v) is 7.15. The third kappa shape index (κ3) is 6.55. The van der Waals surface area contributed by atoms with Gasteiger partial charge in [-0.05, 0) is 43.7 Å². The Kier molecular flexibility index (Phi) is 8.08. The van der Waals surface area contributed by atoms with Crippen LogP contribution in [-0.4, -0.2) is 50.3 Å². The molecule has 1 aliphatic heterocycles. The Morgan fingerprint density at radius 3 is 2.60 bits per heavy atom. The van der Waals surface area contributed by atoms with E-state index in [1.54, 1.807) is 0 Å². The summed E-state index contributed by atoms with van der Waals surface area (Å²) in [6, 6.07) is 0. The molecular formula is C17H36N2O. The highest BCUT2D eigenvalue weighted by Gasteiger charge is 2.27.